The van der Waals surface area contributed by atoms with Gasteiger partial charge in [0.05, 0.1) is 0 Å². The summed E-state index contributed by atoms with van der Waals surface area (Å²) in [5.41, 5.74) is 3.40. The van der Waals surface area contributed by atoms with Gasteiger partial charge in [0.15, 0.2) is 5.69 Å². The summed E-state index contributed by atoms with van der Waals surface area (Å²) >= 11 is 0. The van der Waals surface area contributed by atoms with Crippen molar-refractivity contribution in [1.29, 1.82) is 0 Å². The molecule has 9 nitrogen and oxygen atoms in total. The highest BCUT2D eigenvalue weighted by Crippen LogP contribution is 2.19. The van der Waals surface area contributed by atoms with E-state index in [1.807, 2.05) is 54.6 Å². The summed E-state index contributed by atoms with van der Waals surface area (Å²) < 4.78 is 0. The lowest BCUT2D eigenvalue weighted by Crippen LogP contribution is -2.23. The van der Waals surface area contributed by atoms with Crippen LogP contribution < -0.4 is 5.32 Å². The van der Waals surface area contributed by atoms with Crippen LogP contribution in [-0.4, -0.2) is 41.9 Å². The van der Waals surface area contributed by atoms with Crippen molar-refractivity contribution in [3.8, 4) is 22.6 Å². The van der Waals surface area contributed by atoms with Gasteiger partial charge in [-0.15, -0.1) is 10.2 Å². The summed E-state index contributed by atoms with van der Waals surface area (Å²) in [6.07, 6.45) is 0. The molecule has 4 aromatic rings. The number of benzene rings is 2. The number of hydrogen-bond donors (Lipinski definition) is 3. The number of aromatic nitrogens is 7. The van der Waals surface area contributed by atoms with Gasteiger partial charge >= 0.3 is 0 Å². The number of H-pyrrole nitrogens is 2. The second kappa shape index (κ2) is 6.93. The van der Waals surface area contributed by atoms with E-state index in [1.165, 1.54) is 0 Å². The van der Waals surface area contributed by atoms with E-state index in [2.05, 4.69) is 41.4 Å². The van der Waals surface area contributed by atoms with E-state index in [1.54, 1.807) is 0 Å². The molecule has 0 unspecified atom stereocenters. The predicted octanol–water partition coefficient (Wildman–Crippen LogP) is 1.58. The quantitative estimate of drug-likeness (QED) is 0.504. The van der Waals surface area contributed by atoms with E-state index in [4.69, 9.17) is 0 Å². The summed E-state index contributed by atoms with van der Waals surface area (Å²) in [5.74, 6) is 0.232. The maximum atomic E-state index is 12.5. The molecule has 0 saturated carbocycles. The van der Waals surface area contributed by atoms with Gasteiger partial charge in [-0.3, -0.25) is 4.79 Å². The Morgan fingerprint density at radius 2 is 1.69 bits per heavy atom. The number of hydrogen-bond acceptors (Lipinski definition) is 6. The Labute approximate surface area is 147 Å². The molecule has 0 aliphatic carbocycles. The first-order valence-electron chi connectivity index (χ1n) is 7.88. The van der Waals surface area contributed by atoms with E-state index in [0.29, 0.717) is 18.1 Å². The molecule has 26 heavy (non-hydrogen) atoms. The van der Waals surface area contributed by atoms with Crippen LogP contribution in [0.3, 0.4) is 0 Å². The molecule has 0 atom stereocenters. The maximum absolute atomic E-state index is 12.5. The Kier molecular flexibility index (Phi) is 4.17. The van der Waals surface area contributed by atoms with Crippen molar-refractivity contribution in [2.24, 2.45) is 0 Å². The fraction of sp³-hybridized carbons (Fsp3) is 0.0588. The maximum Gasteiger partial charge on any atom is 0.274 e. The van der Waals surface area contributed by atoms with Crippen LogP contribution in [0.15, 0.2) is 54.6 Å². The Morgan fingerprint density at radius 3 is 2.42 bits per heavy atom. The molecule has 2 aromatic heterocycles. The monoisotopic (exact) mass is 346 g/mol. The second-order valence-electron chi connectivity index (χ2n) is 5.50. The van der Waals surface area contributed by atoms with Crippen LogP contribution >= 0.6 is 0 Å². The third-order valence-electron chi connectivity index (χ3n) is 3.82. The van der Waals surface area contributed by atoms with E-state index in [9.17, 15) is 4.79 Å². The van der Waals surface area contributed by atoms with Crippen molar-refractivity contribution in [3.05, 3.63) is 65.9 Å². The number of aromatic amines is 2. The van der Waals surface area contributed by atoms with Crippen molar-refractivity contribution in [1.82, 2.24) is 41.4 Å². The van der Waals surface area contributed by atoms with Gasteiger partial charge in [0, 0.05) is 17.7 Å². The fourth-order valence-electron chi connectivity index (χ4n) is 2.51. The molecule has 0 spiro atoms. The Morgan fingerprint density at radius 1 is 0.885 bits per heavy atom. The molecule has 0 fully saturated rings. The first-order valence-corrected chi connectivity index (χ1v) is 7.88. The average Bonchev–Trinajstić information content (AvgIpc) is 3.39. The van der Waals surface area contributed by atoms with Gasteiger partial charge in [-0.2, -0.15) is 20.6 Å². The number of carbonyl (C=O) groups is 1. The highest BCUT2D eigenvalue weighted by Gasteiger charge is 2.17. The van der Waals surface area contributed by atoms with Crippen LogP contribution in [0.5, 0.6) is 0 Å². The lowest BCUT2D eigenvalue weighted by Gasteiger charge is -2.05. The van der Waals surface area contributed by atoms with Gasteiger partial charge < -0.3 is 5.32 Å². The summed E-state index contributed by atoms with van der Waals surface area (Å²) in [6.45, 7) is 0.368. The second-order valence-corrected chi connectivity index (χ2v) is 5.50. The number of nitrogens with one attached hydrogen (secondary N) is 3. The highest BCUT2D eigenvalue weighted by molar-refractivity contribution is 5.97. The first-order chi connectivity index (χ1) is 12.8. The molecule has 0 aliphatic rings. The van der Waals surface area contributed by atoms with Crippen molar-refractivity contribution in [2.45, 2.75) is 6.54 Å². The summed E-state index contributed by atoms with van der Waals surface area (Å²) in [6, 6.07) is 17.0. The standard InChI is InChI=1S/C17H14N8O/c26-17(15-14(19-23-20-15)12-4-2-1-3-5-12)18-10-11-6-8-13(9-7-11)16-21-24-25-22-16/h1-9H,10H2,(H,18,26)(H,19,20,23)(H,21,22,24,25). The smallest absolute Gasteiger partial charge is 0.274 e. The average molecular weight is 346 g/mol. The molecular formula is C17H14N8O. The van der Waals surface area contributed by atoms with Crippen LogP contribution in [0.2, 0.25) is 0 Å². The Balaban J connectivity index is 1.44. The Bertz CT molecular complexity index is 993. The van der Waals surface area contributed by atoms with Gasteiger partial charge in [0.2, 0.25) is 5.82 Å². The van der Waals surface area contributed by atoms with Crippen LogP contribution in [0.25, 0.3) is 22.6 Å². The predicted molar refractivity (Wildman–Crippen MR) is 92.6 cm³/mol. The number of rotatable bonds is 5. The molecule has 0 radical (unpaired) electrons. The van der Waals surface area contributed by atoms with Gasteiger partial charge in [0.25, 0.3) is 5.91 Å². The van der Waals surface area contributed by atoms with Crippen molar-refractivity contribution in [3.63, 3.8) is 0 Å². The lowest BCUT2D eigenvalue weighted by molar-refractivity contribution is 0.0946. The van der Waals surface area contributed by atoms with Gasteiger partial charge in [-0.1, -0.05) is 54.6 Å². The van der Waals surface area contributed by atoms with Gasteiger partial charge in [0.1, 0.15) is 5.69 Å². The minimum absolute atomic E-state index is 0.264. The molecule has 2 aromatic carbocycles. The molecule has 128 valence electrons. The van der Waals surface area contributed by atoms with E-state index in [-0.39, 0.29) is 11.6 Å². The number of tetrazole rings is 1. The molecule has 1 amide bonds. The largest absolute Gasteiger partial charge is 0.346 e. The molecule has 2 heterocycles. The van der Waals surface area contributed by atoms with Crippen molar-refractivity contribution in [2.75, 3.05) is 0 Å². The van der Waals surface area contributed by atoms with E-state index < -0.39 is 0 Å². The topological polar surface area (TPSA) is 125 Å². The van der Waals surface area contributed by atoms with Crippen molar-refractivity contribution >= 4 is 5.91 Å². The van der Waals surface area contributed by atoms with Crippen LogP contribution in [0.1, 0.15) is 16.1 Å². The fourth-order valence-corrected chi connectivity index (χ4v) is 2.51. The van der Waals surface area contributed by atoms with Crippen LogP contribution in [-0.2, 0) is 6.54 Å². The first kappa shape index (κ1) is 15.6. The van der Waals surface area contributed by atoms with Crippen molar-refractivity contribution < 1.29 is 4.79 Å². The zero-order valence-corrected chi connectivity index (χ0v) is 13.5. The number of nitrogens with zero attached hydrogens (tertiary/aromatic N) is 5. The molecule has 3 N–H and O–H groups in total. The molecule has 4 rings (SSSR count). The molecule has 0 bridgehead atoms. The summed E-state index contributed by atoms with van der Waals surface area (Å²) in [5, 5.41) is 27.2. The van der Waals surface area contributed by atoms with Gasteiger partial charge in [-0.25, -0.2) is 0 Å². The minimum atomic E-state index is -0.292. The summed E-state index contributed by atoms with van der Waals surface area (Å²) in [7, 11) is 0. The highest BCUT2D eigenvalue weighted by atomic mass is 16.2. The summed E-state index contributed by atoms with van der Waals surface area (Å²) in [4.78, 5) is 12.5. The third kappa shape index (κ3) is 3.18. The normalized spacial score (nSPS) is 10.6. The SMILES string of the molecule is O=C(NCc1ccc(-c2nn[nH]n2)cc1)c1n[nH]nc1-c1ccccc1. The molecule has 0 aliphatic heterocycles. The molecule has 0 saturated heterocycles. The molecule has 9 heteroatoms. The molecular weight excluding hydrogens is 332 g/mol. The third-order valence-corrected chi connectivity index (χ3v) is 3.82. The zero-order chi connectivity index (χ0) is 17.8. The zero-order valence-electron chi connectivity index (χ0n) is 13.5. The number of amides is 1. The van der Waals surface area contributed by atoms with Gasteiger partial charge in [-0.05, 0) is 10.8 Å². The van der Waals surface area contributed by atoms with E-state index in [0.717, 1.165) is 16.7 Å². The lowest BCUT2D eigenvalue weighted by atomic mass is 10.1. The van der Waals surface area contributed by atoms with Crippen LogP contribution in [0, 0.1) is 0 Å². The van der Waals surface area contributed by atoms with Crippen LogP contribution in [0.4, 0.5) is 0 Å². The minimum Gasteiger partial charge on any atom is -0.346 e. The number of carbonyl (C=O) groups excluding carboxylic acids is 1. The van der Waals surface area contributed by atoms with E-state index >= 15 is 0 Å². The Hall–Kier alpha value is -3.88.